The molecule has 4 amide bonds. The van der Waals surface area contributed by atoms with Crippen LogP contribution in [0, 0.1) is 11.8 Å². The molecule has 2 aliphatic rings. The molecule has 3 rings (SSSR count). The van der Waals surface area contributed by atoms with Gasteiger partial charge in [-0.3, -0.25) is 24.7 Å². The Morgan fingerprint density at radius 1 is 1.30 bits per heavy atom. The second-order valence-corrected chi connectivity index (χ2v) is 8.21. The molecule has 2 N–H and O–H groups in total. The number of fused-ring (bicyclic) bond motifs is 1. The Bertz CT molecular complexity index is 782. The quantitative estimate of drug-likeness (QED) is 0.680. The van der Waals surface area contributed by atoms with E-state index in [-0.39, 0.29) is 24.3 Å². The predicted molar refractivity (Wildman–Crippen MR) is 114 cm³/mol. The number of hydrogen-bond donors (Lipinski definition) is 2. The summed E-state index contributed by atoms with van der Waals surface area (Å²) in [6.45, 7) is 7.46. The van der Waals surface area contributed by atoms with Crippen molar-refractivity contribution in [2.24, 2.45) is 11.8 Å². The van der Waals surface area contributed by atoms with E-state index in [1.165, 1.54) is 9.80 Å². The first-order chi connectivity index (χ1) is 14.4. The van der Waals surface area contributed by atoms with E-state index >= 15 is 0 Å². The van der Waals surface area contributed by atoms with Crippen LogP contribution in [0.25, 0.3) is 0 Å². The average Bonchev–Trinajstić information content (AvgIpc) is 2.72. The van der Waals surface area contributed by atoms with Gasteiger partial charge in [0.15, 0.2) is 0 Å². The van der Waals surface area contributed by atoms with Crippen molar-refractivity contribution in [3.63, 3.8) is 0 Å². The molecule has 2 heterocycles. The lowest BCUT2D eigenvalue weighted by Gasteiger charge is -2.46. The van der Waals surface area contributed by atoms with Crippen molar-refractivity contribution < 1.29 is 19.1 Å². The smallest absolute Gasteiger partial charge is 0.328 e. The minimum Gasteiger partial charge on any atom is -0.492 e. The van der Waals surface area contributed by atoms with Gasteiger partial charge in [0.25, 0.3) is 0 Å². The molecule has 0 bridgehead atoms. The molecule has 0 radical (unpaired) electrons. The molecule has 2 saturated heterocycles. The third-order valence-electron chi connectivity index (χ3n) is 5.53. The van der Waals surface area contributed by atoms with Crippen molar-refractivity contribution in [3.8, 4) is 5.75 Å². The molecule has 0 saturated carbocycles. The highest BCUT2D eigenvalue weighted by Gasteiger charge is 2.47. The van der Waals surface area contributed by atoms with Gasteiger partial charge in [0, 0.05) is 6.54 Å². The van der Waals surface area contributed by atoms with Crippen LogP contribution in [0.4, 0.5) is 10.5 Å². The number of nitrogens with zero attached hydrogens (tertiary/aromatic N) is 2. The SMILES string of the molecule is CCOc1ccccc1NC(=O)CN1C(=O)N(CCC(C)C)C(=O)C2CCCNC21. The molecule has 8 nitrogen and oxygen atoms in total. The molecule has 0 spiro atoms. The highest BCUT2D eigenvalue weighted by atomic mass is 16.5. The maximum absolute atomic E-state index is 13.1. The van der Waals surface area contributed by atoms with Crippen LogP contribution in [-0.4, -0.2) is 60.1 Å². The van der Waals surface area contributed by atoms with Crippen molar-refractivity contribution in [1.82, 2.24) is 15.1 Å². The lowest BCUT2D eigenvalue weighted by Crippen LogP contribution is -2.68. The number of carbonyl (C=O) groups is 3. The summed E-state index contributed by atoms with van der Waals surface area (Å²) in [5, 5.41) is 6.12. The van der Waals surface area contributed by atoms with Crippen molar-refractivity contribution in [2.75, 3.05) is 31.6 Å². The van der Waals surface area contributed by atoms with Gasteiger partial charge in [-0.15, -0.1) is 0 Å². The second kappa shape index (κ2) is 9.93. The van der Waals surface area contributed by atoms with Crippen LogP contribution in [0.3, 0.4) is 0 Å². The number of anilines is 1. The number of benzene rings is 1. The Labute approximate surface area is 177 Å². The van der Waals surface area contributed by atoms with Gasteiger partial charge in [-0.25, -0.2) is 4.79 Å². The third kappa shape index (κ3) is 4.92. The highest BCUT2D eigenvalue weighted by molar-refractivity contribution is 6.01. The summed E-state index contributed by atoms with van der Waals surface area (Å²) >= 11 is 0. The number of amides is 4. The summed E-state index contributed by atoms with van der Waals surface area (Å²) in [7, 11) is 0. The van der Waals surface area contributed by atoms with Gasteiger partial charge in [0.2, 0.25) is 11.8 Å². The van der Waals surface area contributed by atoms with Crippen LogP contribution in [0.2, 0.25) is 0 Å². The van der Waals surface area contributed by atoms with E-state index in [2.05, 4.69) is 24.5 Å². The first-order valence-electron chi connectivity index (χ1n) is 10.8. The predicted octanol–water partition coefficient (Wildman–Crippen LogP) is 2.66. The fraction of sp³-hybridized carbons (Fsp3) is 0.591. The zero-order chi connectivity index (χ0) is 21.7. The lowest BCUT2D eigenvalue weighted by atomic mass is 9.91. The molecule has 2 unspecified atom stereocenters. The number of imide groups is 1. The van der Waals surface area contributed by atoms with E-state index in [0.29, 0.717) is 36.9 Å². The molecule has 0 aliphatic carbocycles. The fourth-order valence-electron chi connectivity index (χ4n) is 3.98. The molecule has 0 aromatic heterocycles. The van der Waals surface area contributed by atoms with Gasteiger partial charge in [-0.05, 0) is 50.8 Å². The van der Waals surface area contributed by atoms with Gasteiger partial charge in [0.05, 0.1) is 24.4 Å². The number of urea groups is 1. The number of piperidine rings is 1. The topological polar surface area (TPSA) is 91.0 Å². The van der Waals surface area contributed by atoms with Gasteiger partial charge in [-0.2, -0.15) is 0 Å². The van der Waals surface area contributed by atoms with Crippen LogP contribution in [0.1, 0.15) is 40.0 Å². The molecular weight excluding hydrogens is 384 g/mol. The molecule has 30 heavy (non-hydrogen) atoms. The first kappa shape index (κ1) is 22.1. The molecule has 2 atom stereocenters. The van der Waals surface area contributed by atoms with E-state index in [1.807, 2.05) is 19.1 Å². The number of rotatable bonds is 8. The minimum absolute atomic E-state index is 0.126. The van der Waals surface area contributed by atoms with Crippen LogP contribution in [0.5, 0.6) is 5.75 Å². The van der Waals surface area contributed by atoms with Crippen LogP contribution >= 0.6 is 0 Å². The molecule has 2 fully saturated rings. The van der Waals surface area contributed by atoms with Gasteiger partial charge < -0.3 is 10.1 Å². The average molecular weight is 417 g/mol. The Morgan fingerprint density at radius 2 is 2.07 bits per heavy atom. The minimum atomic E-state index is -0.443. The van der Waals surface area contributed by atoms with Crippen LogP contribution < -0.4 is 15.4 Å². The van der Waals surface area contributed by atoms with Crippen molar-refractivity contribution in [3.05, 3.63) is 24.3 Å². The molecule has 1 aromatic rings. The highest BCUT2D eigenvalue weighted by Crippen LogP contribution is 2.29. The van der Waals surface area contributed by atoms with E-state index in [4.69, 9.17) is 4.74 Å². The summed E-state index contributed by atoms with van der Waals surface area (Å²) in [5.41, 5.74) is 0.565. The van der Waals surface area contributed by atoms with Gasteiger partial charge >= 0.3 is 6.03 Å². The van der Waals surface area contributed by atoms with E-state index in [1.54, 1.807) is 12.1 Å². The number of nitrogens with one attached hydrogen (secondary N) is 2. The normalized spacial score (nSPS) is 21.6. The van der Waals surface area contributed by atoms with Crippen LogP contribution in [-0.2, 0) is 9.59 Å². The van der Waals surface area contributed by atoms with E-state index in [0.717, 1.165) is 19.4 Å². The molecular formula is C22H32N4O4. The Balaban J connectivity index is 1.75. The van der Waals surface area contributed by atoms with Crippen molar-refractivity contribution in [1.29, 1.82) is 0 Å². The number of carbonyl (C=O) groups excluding carboxylic acids is 3. The zero-order valence-corrected chi connectivity index (χ0v) is 18.0. The maximum Gasteiger partial charge on any atom is 0.328 e. The number of para-hydroxylation sites is 2. The lowest BCUT2D eigenvalue weighted by molar-refractivity contribution is -0.142. The fourth-order valence-corrected chi connectivity index (χ4v) is 3.98. The monoisotopic (exact) mass is 416 g/mol. The second-order valence-electron chi connectivity index (χ2n) is 8.21. The van der Waals surface area contributed by atoms with Crippen LogP contribution in [0.15, 0.2) is 24.3 Å². The largest absolute Gasteiger partial charge is 0.492 e. The van der Waals surface area contributed by atoms with E-state index < -0.39 is 12.2 Å². The molecule has 164 valence electrons. The van der Waals surface area contributed by atoms with Crippen molar-refractivity contribution in [2.45, 2.75) is 46.2 Å². The number of ether oxygens (including phenoxy) is 1. The summed E-state index contributed by atoms with van der Waals surface area (Å²) < 4.78 is 5.56. The Morgan fingerprint density at radius 3 is 2.80 bits per heavy atom. The number of hydrogen-bond acceptors (Lipinski definition) is 5. The summed E-state index contributed by atoms with van der Waals surface area (Å²) in [5.74, 6) is 0.198. The summed E-state index contributed by atoms with van der Waals surface area (Å²) in [6.07, 6.45) is 1.89. The van der Waals surface area contributed by atoms with Gasteiger partial charge in [-0.1, -0.05) is 26.0 Å². The van der Waals surface area contributed by atoms with Gasteiger partial charge in [0.1, 0.15) is 12.3 Å². The Hall–Kier alpha value is -2.61. The molecule has 1 aromatic carbocycles. The van der Waals surface area contributed by atoms with Crippen molar-refractivity contribution >= 4 is 23.5 Å². The zero-order valence-electron chi connectivity index (χ0n) is 18.0. The first-order valence-corrected chi connectivity index (χ1v) is 10.8. The molecule has 8 heteroatoms. The van der Waals surface area contributed by atoms with E-state index in [9.17, 15) is 14.4 Å². The summed E-state index contributed by atoms with van der Waals surface area (Å²) in [6, 6.07) is 6.81. The maximum atomic E-state index is 13.1. The third-order valence-corrected chi connectivity index (χ3v) is 5.53. The standard InChI is InChI=1S/C22H32N4O4/c1-4-30-18-10-6-5-9-17(18)24-19(27)14-26-20-16(8-7-12-23-20)21(28)25(22(26)29)13-11-15(2)3/h5-6,9-10,15-16,20,23H,4,7-8,11-14H2,1-3H3,(H,24,27). The molecule has 2 aliphatic heterocycles. The summed E-state index contributed by atoms with van der Waals surface area (Å²) in [4.78, 5) is 41.7. The Kier molecular flexibility index (Phi) is 7.31.